The molecule has 0 bridgehead atoms. The summed E-state index contributed by atoms with van der Waals surface area (Å²) in [6.07, 6.45) is 0. The number of amides is 1. The molecule has 2 aromatic rings. The number of anilines is 1. The molecule has 0 spiro atoms. The Morgan fingerprint density at radius 3 is 2.75 bits per heavy atom. The second-order valence-corrected chi connectivity index (χ2v) is 6.01. The van der Waals surface area contributed by atoms with Crippen molar-refractivity contribution in [3.05, 3.63) is 35.5 Å². The van der Waals surface area contributed by atoms with Gasteiger partial charge in [0, 0.05) is 11.6 Å². The number of nitrogens with one attached hydrogen (secondary N) is 1. The summed E-state index contributed by atoms with van der Waals surface area (Å²) in [6, 6.07) is 3.66. The van der Waals surface area contributed by atoms with Crippen molar-refractivity contribution in [1.29, 1.82) is 0 Å². The van der Waals surface area contributed by atoms with Gasteiger partial charge in [0.1, 0.15) is 5.82 Å². The third kappa shape index (κ3) is 4.54. The lowest BCUT2D eigenvalue weighted by Crippen LogP contribution is -2.15. The third-order valence-corrected chi connectivity index (χ3v) is 3.72. The van der Waals surface area contributed by atoms with Crippen LogP contribution in [0.4, 0.5) is 10.1 Å². The second-order valence-electron chi connectivity index (χ2n) is 5.08. The van der Waals surface area contributed by atoms with Crippen LogP contribution in [0.1, 0.15) is 36.0 Å². The zero-order chi connectivity index (χ0) is 17.7. The van der Waals surface area contributed by atoms with Gasteiger partial charge < -0.3 is 14.5 Å². The quantitative estimate of drug-likeness (QED) is 0.630. The first-order valence-electron chi connectivity index (χ1n) is 7.04. The number of hydrogen-bond acceptors (Lipinski definition) is 7. The molecule has 0 saturated carbocycles. The van der Waals surface area contributed by atoms with E-state index in [0.29, 0.717) is 11.1 Å². The molecule has 0 aliphatic carbocycles. The van der Waals surface area contributed by atoms with Crippen LogP contribution < -0.4 is 5.32 Å². The molecule has 1 aromatic carbocycles. The Morgan fingerprint density at radius 1 is 1.38 bits per heavy atom. The number of carbonyl (C=O) groups excluding carboxylic acids is 2. The molecule has 128 valence electrons. The third-order valence-electron chi connectivity index (χ3n) is 2.90. The van der Waals surface area contributed by atoms with Gasteiger partial charge in [0.2, 0.25) is 11.8 Å². The van der Waals surface area contributed by atoms with Crippen molar-refractivity contribution in [2.75, 3.05) is 18.2 Å². The van der Waals surface area contributed by atoms with Crippen molar-refractivity contribution in [1.82, 2.24) is 10.2 Å². The first-order valence-corrected chi connectivity index (χ1v) is 8.03. The summed E-state index contributed by atoms with van der Waals surface area (Å²) in [5.74, 6) is -1.25. The number of nitrogens with zero attached hydrogens (tertiary/aromatic N) is 2. The van der Waals surface area contributed by atoms with E-state index in [4.69, 9.17) is 4.42 Å². The Kier molecular flexibility index (Phi) is 5.91. The predicted molar refractivity (Wildman–Crippen MR) is 85.5 cm³/mol. The number of esters is 1. The highest BCUT2D eigenvalue weighted by Gasteiger charge is 2.15. The summed E-state index contributed by atoms with van der Waals surface area (Å²) in [5, 5.41) is 10.6. The first-order chi connectivity index (χ1) is 11.4. The minimum atomic E-state index is -0.815. The predicted octanol–water partition coefficient (Wildman–Crippen LogP) is 2.85. The van der Waals surface area contributed by atoms with Crippen molar-refractivity contribution >= 4 is 29.3 Å². The van der Waals surface area contributed by atoms with Crippen LogP contribution in [0.5, 0.6) is 0 Å². The molecule has 0 aliphatic heterocycles. The zero-order valence-electron chi connectivity index (χ0n) is 13.3. The fraction of sp³-hybridized carbons (Fsp3) is 0.333. The number of thioether (sulfide) groups is 1. The number of aromatic nitrogens is 2. The summed E-state index contributed by atoms with van der Waals surface area (Å²) in [5.41, 5.74) is 0.0391. The van der Waals surface area contributed by atoms with Gasteiger partial charge in [-0.15, -0.1) is 10.2 Å². The van der Waals surface area contributed by atoms with Crippen LogP contribution in [-0.4, -0.2) is 34.9 Å². The molecule has 2 rings (SSSR count). The molecule has 1 N–H and O–H groups in total. The van der Waals surface area contributed by atoms with Gasteiger partial charge in [-0.2, -0.15) is 0 Å². The first kappa shape index (κ1) is 17.9. The molecule has 0 aliphatic rings. The highest BCUT2D eigenvalue weighted by atomic mass is 32.2. The minimum absolute atomic E-state index is 0.0324. The van der Waals surface area contributed by atoms with E-state index in [-0.39, 0.29) is 28.8 Å². The van der Waals surface area contributed by atoms with E-state index in [1.807, 2.05) is 13.8 Å². The molecule has 1 heterocycles. The minimum Gasteiger partial charge on any atom is -0.465 e. The highest BCUT2D eigenvalue weighted by Crippen LogP contribution is 2.21. The van der Waals surface area contributed by atoms with E-state index < -0.39 is 11.8 Å². The van der Waals surface area contributed by atoms with Gasteiger partial charge in [-0.05, 0) is 18.2 Å². The lowest BCUT2D eigenvalue weighted by Gasteiger charge is -2.07. The van der Waals surface area contributed by atoms with Crippen LogP contribution in [0.25, 0.3) is 0 Å². The summed E-state index contributed by atoms with van der Waals surface area (Å²) < 4.78 is 23.4. The zero-order valence-corrected chi connectivity index (χ0v) is 14.1. The van der Waals surface area contributed by atoms with E-state index in [2.05, 4.69) is 20.3 Å². The average Bonchev–Trinajstić information content (AvgIpc) is 3.03. The lowest BCUT2D eigenvalue weighted by atomic mass is 10.2. The van der Waals surface area contributed by atoms with Crippen LogP contribution in [0, 0.1) is 5.82 Å². The van der Waals surface area contributed by atoms with E-state index >= 15 is 0 Å². The molecular formula is C15H16FN3O4S. The van der Waals surface area contributed by atoms with E-state index in [1.54, 1.807) is 0 Å². The maximum atomic E-state index is 13.5. The van der Waals surface area contributed by atoms with Crippen LogP contribution in [-0.2, 0) is 9.53 Å². The monoisotopic (exact) mass is 353 g/mol. The molecule has 0 unspecified atom stereocenters. The SMILES string of the molecule is COC(=O)c1cc(NC(=O)CSc2nnc(C(C)C)o2)ccc1F. The standard InChI is InChI=1S/C15H16FN3O4S/c1-8(2)13-18-19-15(23-13)24-7-12(20)17-9-4-5-11(16)10(6-9)14(21)22-3/h4-6,8H,7H2,1-3H3,(H,17,20). The molecule has 0 saturated heterocycles. The van der Waals surface area contributed by atoms with E-state index in [9.17, 15) is 14.0 Å². The topological polar surface area (TPSA) is 94.3 Å². The Bertz CT molecular complexity index is 748. The number of hydrogen-bond donors (Lipinski definition) is 1. The Labute approximate surface area is 142 Å². The van der Waals surface area contributed by atoms with Gasteiger partial charge in [0.15, 0.2) is 0 Å². The molecule has 0 radical (unpaired) electrons. The molecule has 1 aromatic heterocycles. The Balaban J connectivity index is 1.95. The summed E-state index contributed by atoms with van der Waals surface area (Å²) in [4.78, 5) is 23.4. The molecule has 24 heavy (non-hydrogen) atoms. The van der Waals surface area contributed by atoms with Crippen LogP contribution in [0.3, 0.4) is 0 Å². The fourth-order valence-electron chi connectivity index (χ4n) is 1.71. The fourth-order valence-corrected chi connectivity index (χ4v) is 2.28. The molecular weight excluding hydrogens is 337 g/mol. The molecule has 0 fully saturated rings. The van der Waals surface area contributed by atoms with Crippen LogP contribution in [0.2, 0.25) is 0 Å². The summed E-state index contributed by atoms with van der Waals surface area (Å²) in [6.45, 7) is 3.84. The van der Waals surface area contributed by atoms with Gasteiger partial charge in [-0.1, -0.05) is 25.6 Å². The number of methoxy groups -OCH3 is 1. The van der Waals surface area contributed by atoms with Crippen molar-refractivity contribution in [2.24, 2.45) is 0 Å². The van der Waals surface area contributed by atoms with Crippen molar-refractivity contribution in [3.63, 3.8) is 0 Å². The smallest absolute Gasteiger partial charge is 0.340 e. The maximum absolute atomic E-state index is 13.5. The van der Waals surface area contributed by atoms with E-state index in [0.717, 1.165) is 24.9 Å². The molecule has 1 amide bonds. The van der Waals surface area contributed by atoms with Crippen LogP contribution in [0.15, 0.2) is 27.8 Å². The van der Waals surface area contributed by atoms with Crippen molar-refractivity contribution < 1.29 is 23.1 Å². The lowest BCUT2D eigenvalue weighted by molar-refractivity contribution is -0.113. The highest BCUT2D eigenvalue weighted by molar-refractivity contribution is 7.99. The summed E-state index contributed by atoms with van der Waals surface area (Å²) in [7, 11) is 1.15. The molecule has 9 heteroatoms. The van der Waals surface area contributed by atoms with Gasteiger partial charge in [0.05, 0.1) is 18.4 Å². The molecule has 7 nitrogen and oxygen atoms in total. The van der Waals surface area contributed by atoms with Crippen molar-refractivity contribution in [2.45, 2.75) is 25.0 Å². The number of rotatable bonds is 6. The van der Waals surface area contributed by atoms with Crippen LogP contribution >= 0.6 is 11.8 Å². The van der Waals surface area contributed by atoms with Gasteiger partial charge >= 0.3 is 5.97 Å². The largest absolute Gasteiger partial charge is 0.465 e. The Morgan fingerprint density at radius 2 is 2.12 bits per heavy atom. The maximum Gasteiger partial charge on any atom is 0.340 e. The van der Waals surface area contributed by atoms with E-state index in [1.165, 1.54) is 12.1 Å². The van der Waals surface area contributed by atoms with Gasteiger partial charge in [0.25, 0.3) is 5.22 Å². The summed E-state index contributed by atoms with van der Waals surface area (Å²) >= 11 is 1.09. The van der Waals surface area contributed by atoms with Gasteiger partial charge in [-0.3, -0.25) is 4.79 Å². The van der Waals surface area contributed by atoms with Crippen molar-refractivity contribution in [3.8, 4) is 0 Å². The Hall–Kier alpha value is -2.42. The number of carbonyl (C=O) groups is 2. The number of benzene rings is 1. The number of ether oxygens (including phenoxy) is 1. The van der Waals surface area contributed by atoms with Gasteiger partial charge in [-0.25, -0.2) is 9.18 Å². The normalized spacial score (nSPS) is 10.7. The number of halogens is 1. The second kappa shape index (κ2) is 7.91. The molecule has 0 atom stereocenters. The average molecular weight is 353 g/mol.